The summed E-state index contributed by atoms with van der Waals surface area (Å²) in [6.07, 6.45) is -4.64. The zero-order valence-electron chi connectivity index (χ0n) is 17.5. The topological polar surface area (TPSA) is 63.6 Å². The average Bonchev–Trinajstić information content (AvgIpc) is 3.29. The number of carboxylic acid groups (broad SMARTS) is 1. The van der Waals surface area contributed by atoms with Crippen molar-refractivity contribution in [3.05, 3.63) is 68.7 Å². The van der Waals surface area contributed by atoms with E-state index in [-0.39, 0.29) is 10.3 Å². The second kappa shape index (κ2) is 8.06. The van der Waals surface area contributed by atoms with Crippen LogP contribution in [-0.2, 0) is 10.9 Å². The summed E-state index contributed by atoms with van der Waals surface area (Å²) in [5, 5.41) is 10.2. The van der Waals surface area contributed by atoms with Crippen molar-refractivity contribution in [3.8, 4) is 0 Å². The van der Waals surface area contributed by atoms with E-state index in [0.717, 1.165) is 22.7 Å². The highest BCUT2D eigenvalue weighted by Crippen LogP contribution is 2.48. The van der Waals surface area contributed by atoms with Gasteiger partial charge in [0.1, 0.15) is 21.7 Å². The van der Waals surface area contributed by atoms with Gasteiger partial charge in [0.2, 0.25) is 0 Å². The minimum Gasteiger partial charge on any atom is -0.477 e. The third-order valence-electron chi connectivity index (χ3n) is 6.04. The standard InChI is InChI=1S/C24H16F4O4S2/c1-10-2-7-16-14(8-10)19(24(26,27)28)21(33-16)23(31)32-15-6-5-12(15)18-13-4-3-11(25)9-17(13)34-20(18)22(29)30/h2-4,7-9,12,15H,5-6H2,1H3,(H,29,30). The van der Waals surface area contributed by atoms with E-state index in [4.69, 9.17) is 4.74 Å². The lowest BCUT2D eigenvalue weighted by Crippen LogP contribution is -2.35. The molecule has 5 rings (SSSR count). The number of benzene rings is 2. The van der Waals surface area contributed by atoms with E-state index in [2.05, 4.69) is 0 Å². The van der Waals surface area contributed by atoms with Crippen LogP contribution in [0.15, 0.2) is 36.4 Å². The summed E-state index contributed by atoms with van der Waals surface area (Å²) in [4.78, 5) is 24.3. The molecule has 0 radical (unpaired) electrons. The molecule has 1 N–H and O–H groups in total. The molecule has 2 unspecified atom stereocenters. The van der Waals surface area contributed by atoms with Crippen LogP contribution in [0.25, 0.3) is 20.2 Å². The first-order valence-corrected chi connectivity index (χ1v) is 11.9. The fourth-order valence-electron chi connectivity index (χ4n) is 4.39. The SMILES string of the molecule is Cc1ccc2sc(C(=O)OC3CCC3c3c(C(=O)O)sc4cc(F)ccc34)c(C(F)(F)F)c2c1. The van der Waals surface area contributed by atoms with E-state index in [9.17, 15) is 32.3 Å². The highest BCUT2D eigenvalue weighted by atomic mass is 32.1. The van der Waals surface area contributed by atoms with Gasteiger partial charge in [-0.05, 0) is 55.0 Å². The molecule has 34 heavy (non-hydrogen) atoms. The molecule has 0 amide bonds. The highest BCUT2D eigenvalue weighted by molar-refractivity contribution is 7.21. The van der Waals surface area contributed by atoms with Gasteiger partial charge in [-0.3, -0.25) is 0 Å². The van der Waals surface area contributed by atoms with Gasteiger partial charge in [-0.15, -0.1) is 22.7 Å². The van der Waals surface area contributed by atoms with Gasteiger partial charge in [0.05, 0.1) is 5.56 Å². The summed E-state index contributed by atoms with van der Waals surface area (Å²) < 4.78 is 61.6. The quantitative estimate of drug-likeness (QED) is 0.231. The fourth-order valence-corrected chi connectivity index (χ4v) is 6.61. The van der Waals surface area contributed by atoms with Gasteiger partial charge in [0.25, 0.3) is 0 Å². The molecule has 4 nitrogen and oxygen atoms in total. The van der Waals surface area contributed by atoms with Crippen molar-refractivity contribution in [2.24, 2.45) is 0 Å². The van der Waals surface area contributed by atoms with E-state index in [1.807, 2.05) is 0 Å². The number of hydrogen-bond acceptors (Lipinski definition) is 5. The number of fused-ring (bicyclic) bond motifs is 2. The number of alkyl halides is 3. The van der Waals surface area contributed by atoms with Crippen LogP contribution in [0.1, 0.15) is 54.8 Å². The molecule has 2 atom stereocenters. The lowest BCUT2D eigenvalue weighted by molar-refractivity contribution is -0.136. The van der Waals surface area contributed by atoms with Crippen LogP contribution in [0.2, 0.25) is 0 Å². The first-order chi connectivity index (χ1) is 16.0. The minimum absolute atomic E-state index is 0.0136. The van der Waals surface area contributed by atoms with Crippen molar-refractivity contribution in [3.63, 3.8) is 0 Å². The second-order valence-corrected chi connectivity index (χ2v) is 10.3. The van der Waals surface area contributed by atoms with Crippen molar-refractivity contribution < 1.29 is 37.0 Å². The van der Waals surface area contributed by atoms with Crippen LogP contribution in [0, 0.1) is 12.7 Å². The first kappa shape index (κ1) is 22.8. The molecule has 1 fully saturated rings. The maximum atomic E-state index is 13.9. The van der Waals surface area contributed by atoms with E-state index in [1.54, 1.807) is 19.1 Å². The molecule has 2 aromatic carbocycles. The van der Waals surface area contributed by atoms with Crippen LogP contribution >= 0.6 is 22.7 Å². The molecular weight excluding hydrogens is 492 g/mol. The van der Waals surface area contributed by atoms with Crippen molar-refractivity contribution in [1.82, 2.24) is 0 Å². The third kappa shape index (κ3) is 3.74. The Labute approximate surface area is 198 Å². The van der Waals surface area contributed by atoms with E-state index in [1.165, 1.54) is 24.3 Å². The van der Waals surface area contributed by atoms with Crippen LogP contribution in [0.5, 0.6) is 0 Å². The van der Waals surface area contributed by atoms with Crippen LogP contribution in [0.4, 0.5) is 17.6 Å². The van der Waals surface area contributed by atoms with Gasteiger partial charge in [-0.2, -0.15) is 13.2 Å². The van der Waals surface area contributed by atoms with E-state index < -0.39 is 46.4 Å². The number of aromatic carboxylic acids is 1. The average molecular weight is 509 g/mol. The summed E-state index contributed by atoms with van der Waals surface area (Å²) in [5.74, 6) is -3.27. The molecule has 2 aromatic heterocycles. The normalized spacial score (nSPS) is 18.3. The van der Waals surface area contributed by atoms with Gasteiger partial charge < -0.3 is 9.84 Å². The molecule has 0 aliphatic heterocycles. The smallest absolute Gasteiger partial charge is 0.418 e. The molecule has 4 aromatic rings. The molecule has 2 heterocycles. The Morgan fingerprint density at radius 3 is 2.38 bits per heavy atom. The third-order valence-corrected chi connectivity index (χ3v) is 8.34. The Balaban J connectivity index is 1.51. The minimum atomic E-state index is -4.75. The van der Waals surface area contributed by atoms with Gasteiger partial charge in [0.15, 0.2) is 0 Å². The molecule has 1 aliphatic rings. The number of aryl methyl sites for hydroxylation is 1. The Hall–Kier alpha value is -2.98. The summed E-state index contributed by atoms with van der Waals surface area (Å²) in [6, 6.07) is 8.56. The molecule has 1 aliphatic carbocycles. The zero-order valence-corrected chi connectivity index (χ0v) is 19.2. The van der Waals surface area contributed by atoms with Crippen LogP contribution in [0.3, 0.4) is 0 Å². The van der Waals surface area contributed by atoms with E-state index >= 15 is 0 Å². The Morgan fingerprint density at radius 2 is 1.74 bits per heavy atom. The van der Waals surface area contributed by atoms with Gasteiger partial charge >= 0.3 is 18.1 Å². The summed E-state index contributed by atoms with van der Waals surface area (Å²) in [6.45, 7) is 1.67. The Kier molecular flexibility index (Phi) is 5.40. The van der Waals surface area contributed by atoms with Crippen molar-refractivity contribution >= 4 is 54.8 Å². The van der Waals surface area contributed by atoms with Crippen molar-refractivity contribution in [1.29, 1.82) is 0 Å². The zero-order chi connectivity index (χ0) is 24.4. The predicted molar refractivity (Wildman–Crippen MR) is 121 cm³/mol. The monoisotopic (exact) mass is 508 g/mol. The van der Waals surface area contributed by atoms with Gasteiger partial charge in [0, 0.05) is 20.7 Å². The molecule has 176 valence electrons. The first-order valence-electron chi connectivity index (χ1n) is 10.3. The number of carbonyl (C=O) groups is 2. The number of carbonyl (C=O) groups excluding carboxylic acids is 1. The number of rotatable bonds is 4. The molecule has 0 bridgehead atoms. The second-order valence-electron chi connectivity index (χ2n) is 8.22. The van der Waals surface area contributed by atoms with E-state index in [0.29, 0.717) is 38.8 Å². The maximum Gasteiger partial charge on any atom is 0.418 e. The number of hydrogen-bond donors (Lipinski definition) is 1. The van der Waals surface area contributed by atoms with Crippen LogP contribution in [-0.4, -0.2) is 23.1 Å². The number of esters is 1. The molecule has 0 spiro atoms. The van der Waals surface area contributed by atoms with Gasteiger partial charge in [-0.1, -0.05) is 17.7 Å². The number of thiophene rings is 2. The predicted octanol–water partition coefficient (Wildman–Crippen LogP) is 7.38. The number of halogens is 4. The Morgan fingerprint density at radius 1 is 1.00 bits per heavy atom. The number of ether oxygens (including phenoxy) is 1. The Bertz CT molecular complexity index is 1470. The lowest BCUT2D eigenvalue weighted by atomic mass is 9.76. The van der Waals surface area contributed by atoms with Gasteiger partial charge in [-0.25, -0.2) is 14.0 Å². The molecule has 0 saturated heterocycles. The summed E-state index contributed by atoms with van der Waals surface area (Å²) in [5.41, 5.74) is 0.0519. The molecule has 10 heteroatoms. The van der Waals surface area contributed by atoms with Crippen molar-refractivity contribution in [2.45, 2.75) is 38.0 Å². The highest BCUT2D eigenvalue weighted by Gasteiger charge is 2.43. The largest absolute Gasteiger partial charge is 0.477 e. The number of carboxylic acids is 1. The summed E-state index contributed by atoms with van der Waals surface area (Å²) in [7, 11) is 0. The maximum absolute atomic E-state index is 13.9. The lowest BCUT2D eigenvalue weighted by Gasteiger charge is -2.36. The van der Waals surface area contributed by atoms with Crippen molar-refractivity contribution in [2.75, 3.05) is 0 Å². The molecular formula is C24H16F4O4S2. The molecule has 1 saturated carbocycles. The fraction of sp³-hybridized carbons (Fsp3) is 0.250. The van der Waals surface area contributed by atoms with Crippen LogP contribution < -0.4 is 0 Å². The summed E-state index contributed by atoms with van der Waals surface area (Å²) >= 11 is 1.65.